The highest BCUT2D eigenvalue weighted by atomic mass is 15.0. The summed E-state index contributed by atoms with van der Waals surface area (Å²) in [5.74, 6) is 0.732. The van der Waals surface area contributed by atoms with Crippen molar-refractivity contribution in [2.24, 2.45) is 0 Å². The monoisotopic (exact) mass is 223 g/mol. The van der Waals surface area contributed by atoms with Crippen LogP contribution >= 0.6 is 0 Å². The number of fused-ring (bicyclic) bond motifs is 1. The zero-order chi connectivity index (χ0) is 11.8. The zero-order valence-corrected chi connectivity index (χ0v) is 9.59. The Bertz CT molecular complexity index is 666. The molecule has 2 N–H and O–H groups in total. The van der Waals surface area contributed by atoms with Crippen LogP contribution in [0.1, 0.15) is 5.56 Å². The number of benzene rings is 1. The van der Waals surface area contributed by atoms with Crippen LogP contribution in [0, 0.1) is 6.92 Å². The lowest BCUT2D eigenvalue weighted by Crippen LogP contribution is -1.95. The Hall–Kier alpha value is -2.29. The summed E-state index contributed by atoms with van der Waals surface area (Å²) >= 11 is 0. The molecular formula is C14H13N3. The molecular weight excluding hydrogens is 210 g/mol. The molecule has 0 amide bonds. The number of hydrogen-bond acceptors (Lipinski definition) is 2. The van der Waals surface area contributed by atoms with Crippen molar-refractivity contribution < 1.29 is 0 Å². The minimum atomic E-state index is 0.732. The van der Waals surface area contributed by atoms with E-state index >= 15 is 0 Å². The number of nitrogens with two attached hydrogens (primary N) is 1. The van der Waals surface area contributed by atoms with Crippen LogP contribution in [-0.2, 0) is 0 Å². The van der Waals surface area contributed by atoms with Crippen LogP contribution in [0.3, 0.4) is 0 Å². The molecule has 0 aliphatic rings. The van der Waals surface area contributed by atoms with Crippen LogP contribution in [-0.4, -0.2) is 9.38 Å². The van der Waals surface area contributed by atoms with Gasteiger partial charge in [0.1, 0.15) is 5.82 Å². The predicted octanol–water partition coefficient (Wildman–Crippen LogP) is 2.89. The van der Waals surface area contributed by atoms with Crippen molar-refractivity contribution in [1.29, 1.82) is 0 Å². The summed E-state index contributed by atoms with van der Waals surface area (Å²) in [6.45, 7) is 2.08. The van der Waals surface area contributed by atoms with Crippen LogP contribution in [0.15, 0.2) is 48.8 Å². The van der Waals surface area contributed by atoms with Crippen LogP contribution in [0.2, 0.25) is 0 Å². The van der Waals surface area contributed by atoms with E-state index in [1.165, 1.54) is 5.56 Å². The van der Waals surface area contributed by atoms with E-state index in [1.54, 1.807) is 6.20 Å². The van der Waals surface area contributed by atoms with Crippen LogP contribution in [0.4, 0.5) is 5.82 Å². The molecule has 3 rings (SSSR count). The molecule has 0 radical (unpaired) electrons. The molecule has 0 unspecified atom stereocenters. The molecule has 3 heteroatoms. The Balaban J connectivity index is 2.26. The van der Waals surface area contributed by atoms with Crippen molar-refractivity contribution in [1.82, 2.24) is 9.38 Å². The molecule has 0 fully saturated rings. The molecule has 3 aromatic rings. The molecule has 2 heterocycles. The topological polar surface area (TPSA) is 43.3 Å². The molecule has 0 spiro atoms. The largest absolute Gasteiger partial charge is 0.385 e. The van der Waals surface area contributed by atoms with E-state index in [0.29, 0.717) is 0 Å². The van der Waals surface area contributed by atoms with Gasteiger partial charge in [-0.2, -0.15) is 0 Å². The Morgan fingerprint density at radius 2 is 1.82 bits per heavy atom. The van der Waals surface area contributed by atoms with Crippen LogP contribution < -0.4 is 5.73 Å². The maximum absolute atomic E-state index is 5.88. The second-order valence-corrected chi connectivity index (χ2v) is 4.16. The van der Waals surface area contributed by atoms with Gasteiger partial charge in [0.05, 0.1) is 11.2 Å². The Kier molecular flexibility index (Phi) is 2.11. The number of aromatic nitrogens is 2. The number of anilines is 1. The SMILES string of the molecule is Cc1ccc(-c2nccn3c(N)ccc23)cc1. The van der Waals surface area contributed by atoms with Gasteiger partial charge < -0.3 is 10.1 Å². The fourth-order valence-electron chi connectivity index (χ4n) is 2.00. The molecule has 0 aliphatic carbocycles. The maximum Gasteiger partial charge on any atom is 0.107 e. The minimum Gasteiger partial charge on any atom is -0.385 e. The number of nitrogens with zero attached hydrogens (tertiary/aromatic N) is 2. The van der Waals surface area contributed by atoms with Crippen molar-refractivity contribution in [2.75, 3.05) is 5.73 Å². The normalized spacial score (nSPS) is 10.9. The summed E-state index contributed by atoms with van der Waals surface area (Å²) in [7, 11) is 0. The third kappa shape index (κ3) is 1.56. The molecule has 0 saturated carbocycles. The van der Waals surface area contributed by atoms with Gasteiger partial charge in [-0.15, -0.1) is 0 Å². The molecule has 0 saturated heterocycles. The molecule has 2 aromatic heterocycles. The molecule has 0 atom stereocenters. The van der Waals surface area contributed by atoms with Gasteiger partial charge in [-0.1, -0.05) is 29.8 Å². The fourth-order valence-corrected chi connectivity index (χ4v) is 2.00. The Morgan fingerprint density at radius 3 is 2.59 bits per heavy atom. The van der Waals surface area contributed by atoms with E-state index in [9.17, 15) is 0 Å². The molecule has 0 bridgehead atoms. The summed E-state index contributed by atoms with van der Waals surface area (Å²) in [5.41, 5.74) is 10.2. The Labute approximate surface area is 99.5 Å². The van der Waals surface area contributed by atoms with Crippen molar-refractivity contribution >= 4 is 11.3 Å². The second-order valence-electron chi connectivity index (χ2n) is 4.16. The first-order chi connectivity index (χ1) is 8.25. The van der Waals surface area contributed by atoms with E-state index in [2.05, 4.69) is 36.2 Å². The maximum atomic E-state index is 5.88. The lowest BCUT2D eigenvalue weighted by molar-refractivity contribution is 1.15. The lowest BCUT2D eigenvalue weighted by Gasteiger charge is -2.05. The van der Waals surface area contributed by atoms with Crippen LogP contribution in [0.25, 0.3) is 16.8 Å². The minimum absolute atomic E-state index is 0.732. The summed E-state index contributed by atoms with van der Waals surface area (Å²) in [5, 5.41) is 0. The summed E-state index contributed by atoms with van der Waals surface area (Å²) in [6.07, 6.45) is 3.65. The highest BCUT2D eigenvalue weighted by molar-refractivity contribution is 5.78. The first kappa shape index (κ1) is 9.90. The first-order valence-electron chi connectivity index (χ1n) is 5.54. The summed E-state index contributed by atoms with van der Waals surface area (Å²) < 4.78 is 1.95. The van der Waals surface area contributed by atoms with E-state index in [0.717, 1.165) is 22.6 Å². The Morgan fingerprint density at radius 1 is 1.06 bits per heavy atom. The highest BCUT2D eigenvalue weighted by Gasteiger charge is 2.06. The van der Waals surface area contributed by atoms with Crippen molar-refractivity contribution in [3.05, 3.63) is 54.4 Å². The number of nitrogen functional groups attached to an aromatic ring is 1. The number of hydrogen-bond donors (Lipinski definition) is 1. The molecule has 84 valence electrons. The standard InChI is InChI=1S/C14H13N3/c1-10-2-4-11(5-3-10)14-12-6-7-13(15)17(12)9-8-16-14/h2-9H,15H2,1H3. The molecule has 17 heavy (non-hydrogen) atoms. The summed E-state index contributed by atoms with van der Waals surface area (Å²) in [4.78, 5) is 4.44. The van der Waals surface area contributed by atoms with Crippen molar-refractivity contribution in [2.45, 2.75) is 6.92 Å². The fraction of sp³-hybridized carbons (Fsp3) is 0.0714. The molecule has 0 aliphatic heterocycles. The third-order valence-electron chi connectivity index (χ3n) is 2.94. The molecule has 1 aromatic carbocycles. The smallest absolute Gasteiger partial charge is 0.107 e. The van der Waals surface area contributed by atoms with Gasteiger partial charge in [-0.25, -0.2) is 0 Å². The average Bonchev–Trinajstić information content (AvgIpc) is 2.73. The quantitative estimate of drug-likeness (QED) is 0.689. The van der Waals surface area contributed by atoms with E-state index in [4.69, 9.17) is 5.73 Å². The predicted molar refractivity (Wildman–Crippen MR) is 69.8 cm³/mol. The summed E-state index contributed by atoms with van der Waals surface area (Å²) in [6, 6.07) is 12.2. The first-order valence-corrected chi connectivity index (χ1v) is 5.54. The zero-order valence-electron chi connectivity index (χ0n) is 9.59. The number of rotatable bonds is 1. The van der Waals surface area contributed by atoms with Gasteiger partial charge in [-0.05, 0) is 19.1 Å². The van der Waals surface area contributed by atoms with Gasteiger partial charge in [0.15, 0.2) is 0 Å². The van der Waals surface area contributed by atoms with Crippen molar-refractivity contribution in [3.63, 3.8) is 0 Å². The third-order valence-corrected chi connectivity index (χ3v) is 2.94. The van der Waals surface area contributed by atoms with E-state index < -0.39 is 0 Å². The number of aryl methyl sites for hydroxylation is 1. The molecule has 3 nitrogen and oxygen atoms in total. The lowest BCUT2D eigenvalue weighted by atomic mass is 10.1. The van der Waals surface area contributed by atoms with Gasteiger partial charge in [0.25, 0.3) is 0 Å². The van der Waals surface area contributed by atoms with E-state index in [-0.39, 0.29) is 0 Å². The van der Waals surface area contributed by atoms with Gasteiger partial charge in [0, 0.05) is 18.0 Å². The van der Waals surface area contributed by atoms with E-state index in [1.807, 2.05) is 22.7 Å². The van der Waals surface area contributed by atoms with Gasteiger partial charge >= 0.3 is 0 Å². The van der Waals surface area contributed by atoms with Gasteiger partial charge in [-0.3, -0.25) is 4.98 Å². The highest BCUT2D eigenvalue weighted by Crippen LogP contribution is 2.24. The average molecular weight is 223 g/mol. The second kappa shape index (κ2) is 3.63. The van der Waals surface area contributed by atoms with Crippen molar-refractivity contribution in [3.8, 4) is 11.3 Å². The van der Waals surface area contributed by atoms with Gasteiger partial charge in [0.2, 0.25) is 0 Å². The van der Waals surface area contributed by atoms with Crippen LogP contribution in [0.5, 0.6) is 0 Å².